The molecule has 2 aliphatic carbocycles. The van der Waals surface area contributed by atoms with E-state index >= 15 is 0 Å². The summed E-state index contributed by atoms with van der Waals surface area (Å²) in [6, 6.07) is 57.6. The molecule has 4 atom stereocenters. The summed E-state index contributed by atoms with van der Waals surface area (Å²) < 4.78 is 8.68. The third-order valence-corrected chi connectivity index (χ3v) is 14.0. The molecule has 2 saturated carbocycles. The van der Waals surface area contributed by atoms with E-state index in [2.05, 4.69) is 115 Å². The number of benzene rings is 7. The van der Waals surface area contributed by atoms with Crippen molar-refractivity contribution in [3.05, 3.63) is 169 Å². The molecule has 7 aromatic carbocycles. The molecule has 10 aromatic rings. The van der Waals surface area contributed by atoms with E-state index in [1.54, 1.807) is 6.07 Å². The number of furan rings is 1. The van der Waals surface area contributed by atoms with E-state index in [9.17, 15) is 5.26 Å². The van der Waals surface area contributed by atoms with Gasteiger partial charge in [0.05, 0.1) is 22.7 Å². The van der Waals surface area contributed by atoms with Gasteiger partial charge in [-0.1, -0.05) is 117 Å². The summed E-state index contributed by atoms with van der Waals surface area (Å²) >= 11 is 0. The number of para-hydroxylation sites is 1. The molecule has 2 bridgehead atoms. The van der Waals surface area contributed by atoms with Crippen LogP contribution in [0.25, 0.3) is 94.7 Å². The molecule has 0 spiro atoms. The maximum Gasteiger partial charge on any atom is 0.164 e. The number of rotatable bonds is 6. The lowest BCUT2D eigenvalue weighted by molar-refractivity contribution is 0.0780. The van der Waals surface area contributed by atoms with Gasteiger partial charge in [-0.2, -0.15) is 5.26 Å². The van der Waals surface area contributed by atoms with Crippen LogP contribution in [0.1, 0.15) is 57.1 Å². The molecule has 6 heteroatoms. The lowest BCUT2D eigenvalue weighted by Gasteiger charge is -2.50. The Labute approximate surface area is 366 Å². The quantitative estimate of drug-likeness (QED) is 0.167. The third-order valence-electron chi connectivity index (χ3n) is 14.0. The van der Waals surface area contributed by atoms with Crippen molar-refractivity contribution < 1.29 is 4.42 Å². The fraction of sp³-hybridized carbons (Fsp3) is 0.193. The fourth-order valence-electron chi connectivity index (χ4n) is 11.7. The van der Waals surface area contributed by atoms with Crippen LogP contribution in [0.3, 0.4) is 0 Å². The Hall–Kier alpha value is -7.36. The van der Waals surface area contributed by atoms with Crippen LogP contribution in [0.15, 0.2) is 162 Å². The van der Waals surface area contributed by atoms with Crippen LogP contribution < -0.4 is 0 Å². The summed E-state index contributed by atoms with van der Waals surface area (Å²) in [5.41, 5.74) is 12.2. The summed E-state index contributed by atoms with van der Waals surface area (Å²) in [5.74, 6) is 4.17. The zero-order valence-corrected chi connectivity index (χ0v) is 35.4. The van der Waals surface area contributed by atoms with E-state index in [1.165, 1.54) is 48.8 Å². The van der Waals surface area contributed by atoms with Crippen LogP contribution in [-0.2, 0) is 5.41 Å². The van der Waals surface area contributed by atoms with Gasteiger partial charge in [-0.3, -0.25) is 0 Å². The van der Waals surface area contributed by atoms with Crippen LogP contribution in [0.2, 0.25) is 0 Å². The minimum absolute atomic E-state index is 0.314. The van der Waals surface area contributed by atoms with E-state index in [0.717, 1.165) is 72.7 Å². The van der Waals surface area contributed by atoms with Crippen LogP contribution >= 0.6 is 0 Å². The SMILES string of the molecule is C[C@@H]1CC2C[C@H](C)CC(c3ccc(-c4cccc(-n5c6ccccc6c6c(-c7nc(-c8ccccc8)nc(-c8ccc9c(c8)oc8cc(C#N)ccc89)n7)cccc65)c4)cc3)(C2)C1. The van der Waals surface area contributed by atoms with Gasteiger partial charge in [-0.05, 0) is 127 Å². The van der Waals surface area contributed by atoms with Gasteiger partial charge in [-0.15, -0.1) is 0 Å². The van der Waals surface area contributed by atoms with Crippen molar-refractivity contribution in [2.75, 3.05) is 0 Å². The van der Waals surface area contributed by atoms with E-state index in [-0.39, 0.29) is 0 Å². The van der Waals surface area contributed by atoms with E-state index in [4.69, 9.17) is 19.4 Å². The van der Waals surface area contributed by atoms with Crippen LogP contribution in [0.4, 0.5) is 0 Å². The molecule has 0 radical (unpaired) electrons. The number of hydrogen-bond donors (Lipinski definition) is 0. The van der Waals surface area contributed by atoms with Crippen molar-refractivity contribution in [2.45, 2.75) is 51.4 Å². The van der Waals surface area contributed by atoms with Gasteiger partial charge in [0.25, 0.3) is 0 Å². The Bertz CT molecular complexity index is 3430. The molecule has 2 fully saturated rings. The number of hydrogen-bond acceptors (Lipinski definition) is 5. The van der Waals surface area contributed by atoms with Crippen molar-refractivity contribution in [2.24, 2.45) is 17.8 Å². The first-order valence-corrected chi connectivity index (χ1v) is 22.3. The fourth-order valence-corrected chi connectivity index (χ4v) is 11.7. The standard InChI is InChI=1S/C57H45N5O/c1-35-26-38-27-36(2)32-57(31-35,33-38)43-22-19-39(20-23-43)41-12-8-13-44(29-41)62-49-16-7-6-14-47(49)53-48(15-9-17-50(53)62)56-60-54(40-10-4-3-5-11-40)59-55(61-56)42-21-25-46-45-24-18-37(34-58)28-51(45)63-52(46)30-42/h3-25,28-30,35-36,38H,26-27,31-33H2,1-2H3/t35-,36+,38?,57?. The Morgan fingerprint density at radius 3 is 2.00 bits per heavy atom. The topological polar surface area (TPSA) is 80.5 Å². The first-order valence-electron chi connectivity index (χ1n) is 22.3. The monoisotopic (exact) mass is 815 g/mol. The minimum atomic E-state index is 0.314. The van der Waals surface area contributed by atoms with Gasteiger partial charge in [-0.25, -0.2) is 15.0 Å². The molecule has 3 heterocycles. The average molecular weight is 816 g/mol. The zero-order chi connectivity index (χ0) is 42.2. The molecular weight excluding hydrogens is 771 g/mol. The Morgan fingerprint density at radius 1 is 0.556 bits per heavy atom. The smallest absolute Gasteiger partial charge is 0.164 e. The van der Waals surface area contributed by atoms with Crippen LogP contribution in [-0.4, -0.2) is 19.5 Å². The Balaban J connectivity index is 0.974. The molecular formula is C57H45N5O. The maximum atomic E-state index is 9.50. The van der Waals surface area contributed by atoms with E-state index in [1.807, 2.05) is 60.7 Å². The number of aromatic nitrogens is 4. The second kappa shape index (κ2) is 14.6. The van der Waals surface area contributed by atoms with Crippen molar-refractivity contribution >= 4 is 43.7 Å². The highest BCUT2D eigenvalue weighted by atomic mass is 16.3. The van der Waals surface area contributed by atoms with Gasteiger partial charge in [0.1, 0.15) is 11.2 Å². The zero-order valence-electron chi connectivity index (χ0n) is 35.4. The normalized spacial score (nSPS) is 19.8. The summed E-state index contributed by atoms with van der Waals surface area (Å²) in [5, 5.41) is 13.6. The van der Waals surface area contributed by atoms with E-state index in [0.29, 0.717) is 39.6 Å². The molecule has 12 rings (SSSR count). The largest absolute Gasteiger partial charge is 0.456 e. The lowest BCUT2D eigenvalue weighted by Crippen LogP contribution is -2.42. The van der Waals surface area contributed by atoms with Gasteiger partial charge < -0.3 is 8.98 Å². The predicted octanol–water partition coefficient (Wildman–Crippen LogP) is 14.5. The Morgan fingerprint density at radius 2 is 1.21 bits per heavy atom. The molecule has 3 aromatic heterocycles. The van der Waals surface area contributed by atoms with E-state index < -0.39 is 0 Å². The van der Waals surface area contributed by atoms with Crippen molar-refractivity contribution in [3.63, 3.8) is 0 Å². The highest BCUT2D eigenvalue weighted by Crippen LogP contribution is 2.54. The van der Waals surface area contributed by atoms with Crippen LogP contribution in [0, 0.1) is 29.1 Å². The molecule has 304 valence electrons. The van der Waals surface area contributed by atoms with Gasteiger partial charge >= 0.3 is 0 Å². The van der Waals surface area contributed by atoms with Crippen molar-refractivity contribution in [1.82, 2.24) is 19.5 Å². The average Bonchev–Trinajstić information content (AvgIpc) is 3.86. The highest BCUT2D eigenvalue weighted by molar-refractivity contribution is 6.15. The molecule has 6 nitrogen and oxygen atoms in total. The second-order valence-corrected chi connectivity index (χ2v) is 18.4. The van der Waals surface area contributed by atoms with Crippen molar-refractivity contribution in [1.29, 1.82) is 5.26 Å². The lowest BCUT2D eigenvalue weighted by atomic mass is 9.54. The minimum Gasteiger partial charge on any atom is -0.456 e. The number of nitrogens with zero attached hydrogens (tertiary/aromatic N) is 5. The highest BCUT2D eigenvalue weighted by Gasteiger charge is 2.45. The summed E-state index contributed by atoms with van der Waals surface area (Å²) in [7, 11) is 0. The predicted molar refractivity (Wildman–Crippen MR) is 254 cm³/mol. The summed E-state index contributed by atoms with van der Waals surface area (Å²) in [4.78, 5) is 15.5. The summed E-state index contributed by atoms with van der Waals surface area (Å²) in [6.45, 7) is 4.94. The number of nitriles is 1. The van der Waals surface area contributed by atoms with Gasteiger partial charge in [0.2, 0.25) is 0 Å². The van der Waals surface area contributed by atoms with Crippen molar-refractivity contribution in [3.8, 4) is 57.0 Å². The molecule has 0 saturated heterocycles. The first-order chi connectivity index (χ1) is 30.9. The number of fused-ring (bicyclic) bond motifs is 8. The molecule has 2 aliphatic rings. The third kappa shape index (κ3) is 6.33. The maximum absolute atomic E-state index is 9.50. The van der Waals surface area contributed by atoms with Gasteiger partial charge in [0, 0.05) is 43.9 Å². The molecule has 0 amide bonds. The Kier molecular flexibility index (Phi) is 8.69. The van der Waals surface area contributed by atoms with Crippen LogP contribution in [0.5, 0.6) is 0 Å². The van der Waals surface area contributed by atoms with Gasteiger partial charge in [0.15, 0.2) is 17.5 Å². The molecule has 0 aliphatic heterocycles. The molecule has 2 unspecified atom stereocenters. The first kappa shape index (κ1) is 37.4. The molecule has 0 N–H and O–H groups in total. The second-order valence-electron chi connectivity index (χ2n) is 18.4. The molecule has 63 heavy (non-hydrogen) atoms. The summed E-state index contributed by atoms with van der Waals surface area (Å²) in [6.07, 6.45) is 6.74.